The molecule has 0 saturated carbocycles. The monoisotopic (exact) mass is 347 g/mol. The number of hydrogen-bond acceptors (Lipinski definition) is 4. The van der Waals surface area contributed by atoms with Crippen molar-refractivity contribution in [2.75, 3.05) is 19.3 Å². The van der Waals surface area contributed by atoms with Crippen LogP contribution in [0.25, 0.3) is 6.08 Å². The molecule has 7 heteroatoms. The second kappa shape index (κ2) is 8.08. The van der Waals surface area contributed by atoms with Crippen LogP contribution in [0.2, 0.25) is 0 Å². The maximum Gasteiger partial charge on any atom is 0.246 e. The van der Waals surface area contributed by atoms with Gasteiger partial charge >= 0.3 is 0 Å². The van der Waals surface area contributed by atoms with E-state index in [0.717, 1.165) is 31.1 Å². The number of amides is 1. The molecule has 0 bridgehead atoms. The van der Waals surface area contributed by atoms with E-state index < -0.39 is 10.0 Å². The van der Waals surface area contributed by atoms with Gasteiger partial charge in [0.2, 0.25) is 15.9 Å². The summed E-state index contributed by atoms with van der Waals surface area (Å²) in [5.41, 5.74) is 1.32. The van der Waals surface area contributed by atoms with Gasteiger partial charge in [0.05, 0.1) is 17.9 Å². The predicted octanol–water partition coefficient (Wildman–Crippen LogP) is 1.50. The summed E-state index contributed by atoms with van der Waals surface area (Å²) in [7, 11) is -3.27. The Bertz CT molecular complexity index is 766. The van der Waals surface area contributed by atoms with E-state index in [1.165, 1.54) is 6.08 Å². The molecule has 24 heavy (non-hydrogen) atoms. The van der Waals surface area contributed by atoms with Gasteiger partial charge in [-0.3, -0.25) is 4.79 Å². The topological polar surface area (TPSA) is 90.3 Å². The third-order valence-electron chi connectivity index (χ3n) is 3.93. The fraction of sp³-hybridized carbons (Fsp3) is 0.412. The minimum atomic E-state index is -3.27. The molecule has 1 atom stereocenters. The van der Waals surface area contributed by atoms with Crippen molar-refractivity contribution in [1.82, 2.24) is 9.62 Å². The van der Waals surface area contributed by atoms with E-state index in [2.05, 4.69) is 10.8 Å². The highest BCUT2D eigenvalue weighted by Gasteiger charge is 2.25. The molecule has 1 saturated heterocycles. The summed E-state index contributed by atoms with van der Waals surface area (Å²) in [5, 5.41) is 8.90. The van der Waals surface area contributed by atoms with Crippen molar-refractivity contribution in [3.8, 4) is 6.07 Å². The van der Waals surface area contributed by atoms with E-state index in [1.807, 2.05) is 6.07 Å². The number of benzene rings is 1. The molecule has 1 aliphatic heterocycles. The van der Waals surface area contributed by atoms with Crippen LogP contribution in [0.15, 0.2) is 30.3 Å². The Balaban J connectivity index is 2.05. The summed E-state index contributed by atoms with van der Waals surface area (Å²) < 4.78 is 25.0. The molecule has 1 aromatic rings. The van der Waals surface area contributed by atoms with Gasteiger partial charge in [-0.2, -0.15) is 5.26 Å². The Morgan fingerprint density at radius 2 is 2.25 bits per heavy atom. The molecule has 128 valence electrons. The third kappa shape index (κ3) is 5.48. The number of nitrogens with one attached hydrogen (secondary N) is 1. The molecule has 2 rings (SSSR count). The number of nitriles is 1. The van der Waals surface area contributed by atoms with Crippen LogP contribution in [0.4, 0.5) is 0 Å². The third-order valence-corrected chi connectivity index (χ3v) is 4.62. The van der Waals surface area contributed by atoms with Crippen LogP contribution in [-0.2, 0) is 14.8 Å². The van der Waals surface area contributed by atoms with Crippen molar-refractivity contribution in [3.05, 3.63) is 41.5 Å². The SMILES string of the molecule is CS(=O)(=O)NC[C@H]1CCCCN1C(=O)/C=C/c1cccc(C#N)c1. The molecule has 1 heterocycles. The molecule has 1 aliphatic rings. The van der Waals surface area contributed by atoms with E-state index in [9.17, 15) is 13.2 Å². The molecule has 0 aliphatic carbocycles. The summed E-state index contributed by atoms with van der Waals surface area (Å²) in [4.78, 5) is 14.2. The average molecular weight is 347 g/mol. The van der Waals surface area contributed by atoms with Crippen molar-refractivity contribution < 1.29 is 13.2 Å². The van der Waals surface area contributed by atoms with E-state index in [1.54, 1.807) is 29.2 Å². The van der Waals surface area contributed by atoms with Crippen LogP contribution >= 0.6 is 0 Å². The zero-order chi connectivity index (χ0) is 17.6. The predicted molar refractivity (Wildman–Crippen MR) is 92.4 cm³/mol. The zero-order valence-electron chi connectivity index (χ0n) is 13.6. The van der Waals surface area contributed by atoms with Gasteiger partial charge in [-0.25, -0.2) is 13.1 Å². The van der Waals surface area contributed by atoms with Crippen molar-refractivity contribution in [2.45, 2.75) is 25.3 Å². The highest BCUT2D eigenvalue weighted by atomic mass is 32.2. The molecule has 1 fully saturated rings. The molecule has 0 radical (unpaired) electrons. The highest BCUT2D eigenvalue weighted by molar-refractivity contribution is 7.88. The number of carbonyl (C=O) groups is 1. The Morgan fingerprint density at radius 3 is 2.96 bits per heavy atom. The number of sulfonamides is 1. The first-order chi connectivity index (χ1) is 11.4. The summed E-state index contributed by atoms with van der Waals surface area (Å²) >= 11 is 0. The summed E-state index contributed by atoms with van der Waals surface area (Å²) in [6.07, 6.45) is 6.96. The lowest BCUT2D eigenvalue weighted by atomic mass is 10.0. The minimum Gasteiger partial charge on any atom is -0.335 e. The van der Waals surface area contributed by atoms with Gasteiger partial charge < -0.3 is 4.90 Å². The van der Waals surface area contributed by atoms with Gasteiger partial charge in [0.1, 0.15) is 0 Å². The Hall–Kier alpha value is -2.17. The van der Waals surface area contributed by atoms with E-state index in [4.69, 9.17) is 5.26 Å². The summed E-state index contributed by atoms with van der Waals surface area (Å²) in [6, 6.07) is 8.94. The van der Waals surface area contributed by atoms with Gasteiger partial charge in [-0.05, 0) is 43.0 Å². The second-order valence-corrected chi connectivity index (χ2v) is 7.71. The molecular weight excluding hydrogens is 326 g/mol. The molecular formula is C17H21N3O3S. The number of nitrogens with zero attached hydrogens (tertiary/aromatic N) is 2. The van der Waals surface area contributed by atoms with Crippen molar-refractivity contribution in [3.63, 3.8) is 0 Å². The van der Waals surface area contributed by atoms with Crippen molar-refractivity contribution in [1.29, 1.82) is 5.26 Å². The van der Waals surface area contributed by atoms with Crippen LogP contribution in [0.5, 0.6) is 0 Å². The molecule has 1 amide bonds. The van der Waals surface area contributed by atoms with Gasteiger partial charge in [0.25, 0.3) is 0 Å². The van der Waals surface area contributed by atoms with Crippen molar-refractivity contribution >= 4 is 22.0 Å². The Morgan fingerprint density at radius 1 is 1.46 bits per heavy atom. The molecule has 0 unspecified atom stereocenters. The number of carbonyl (C=O) groups excluding carboxylic acids is 1. The number of hydrogen-bond donors (Lipinski definition) is 1. The first-order valence-electron chi connectivity index (χ1n) is 7.82. The fourth-order valence-electron chi connectivity index (χ4n) is 2.73. The van der Waals surface area contributed by atoms with E-state index in [-0.39, 0.29) is 18.5 Å². The largest absolute Gasteiger partial charge is 0.335 e. The molecule has 0 spiro atoms. The lowest BCUT2D eigenvalue weighted by molar-refractivity contribution is -0.129. The second-order valence-electron chi connectivity index (χ2n) is 5.87. The van der Waals surface area contributed by atoms with Gasteiger partial charge in [0, 0.05) is 25.2 Å². The van der Waals surface area contributed by atoms with Crippen LogP contribution in [0.1, 0.15) is 30.4 Å². The average Bonchev–Trinajstić information content (AvgIpc) is 2.57. The molecule has 0 aromatic heterocycles. The smallest absolute Gasteiger partial charge is 0.246 e. The van der Waals surface area contributed by atoms with Gasteiger partial charge in [-0.1, -0.05) is 12.1 Å². The van der Waals surface area contributed by atoms with Crippen LogP contribution in [-0.4, -0.2) is 44.6 Å². The van der Waals surface area contributed by atoms with Gasteiger partial charge in [-0.15, -0.1) is 0 Å². The van der Waals surface area contributed by atoms with Gasteiger partial charge in [0.15, 0.2) is 0 Å². The van der Waals surface area contributed by atoms with Crippen LogP contribution in [0, 0.1) is 11.3 Å². The first kappa shape index (κ1) is 18.2. The molecule has 1 N–H and O–H groups in total. The fourth-order valence-corrected chi connectivity index (χ4v) is 3.22. The maximum absolute atomic E-state index is 12.5. The lowest BCUT2D eigenvalue weighted by Gasteiger charge is -2.35. The van der Waals surface area contributed by atoms with Crippen molar-refractivity contribution in [2.24, 2.45) is 0 Å². The summed E-state index contributed by atoms with van der Waals surface area (Å²) in [6.45, 7) is 0.861. The number of rotatable bonds is 5. The lowest BCUT2D eigenvalue weighted by Crippen LogP contribution is -2.48. The zero-order valence-corrected chi connectivity index (χ0v) is 14.4. The first-order valence-corrected chi connectivity index (χ1v) is 9.71. The normalized spacial score (nSPS) is 18.5. The maximum atomic E-state index is 12.5. The van der Waals surface area contributed by atoms with E-state index in [0.29, 0.717) is 12.1 Å². The number of likely N-dealkylation sites (tertiary alicyclic amines) is 1. The summed E-state index contributed by atoms with van der Waals surface area (Å²) in [5.74, 6) is -0.141. The van der Waals surface area contributed by atoms with Crippen LogP contribution < -0.4 is 4.72 Å². The molecule has 6 nitrogen and oxygen atoms in total. The minimum absolute atomic E-state index is 0.129. The standard InChI is InChI=1S/C17H21N3O3S/c1-24(22,23)19-13-16-7-2-3-10-20(16)17(21)9-8-14-5-4-6-15(11-14)12-18/h4-6,8-9,11,16,19H,2-3,7,10,13H2,1H3/b9-8+/t16-/m1/s1. The Labute approximate surface area is 142 Å². The molecule has 1 aromatic carbocycles. The van der Waals surface area contributed by atoms with E-state index >= 15 is 0 Å². The highest BCUT2D eigenvalue weighted by Crippen LogP contribution is 2.17. The van der Waals surface area contributed by atoms with Crippen LogP contribution in [0.3, 0.4) is 0 Å². The quantitative estimate of drug-likeness (QED) is 0.817. The number of piperidine rings is 1. The Kier molecular flexibility index (Phi) is 6.12.